The van der Waals surface area contributed by atoms with Gasteiger partial charge in [0.25, 0.3) is 0 Å². The topological polar surface area (TPSA) is 70.6 Å². The van der Waals surface area contributed by atoms with E-state index in [1.54, 1.807) is 24.4 Å². The maximum atomic E-state index is 11.5. The van der Waals surface area contributed by atoms with E-state index in [1.807, 2.05) is 26.8 Å². The van der Waals surface area contributed by atoms with Gasteiger partial charge in [-0.05, 0) is 30.5 Å². The Kier molecular flexibility index (Phi) is 5.05. The summed E-state index contributed by atoms with van der Waals surface area (Å²) in [7, 11) is 0. The lowest BCUT2D eigenvalue weighted by Gasteiger charge is -2.04. The smallest absolute Gasteiger partial charge is 0.318 e. The van der Waals surface area contributed by atoms with Crippen molar-refractivity contribution in [1.82, 2.24) is 5.43 Å². The molecule has 0 aliphatic rings. The number of benzene rings is 1. The van der Waals surface area contributed by atoms with Gasteiger partial charge < -0.3 is 5.32 Å². The van der Waals surface area contributed by atoms with Crippen LogP contribution < -0.4 is 10.7 Å². The Morgan fingerprint density at radius 2 is 2.00 bits per heavy atom. The number of nitrogens with zero attached hydrogens (tertiary/aromatic N) is 1. The van der Waals surface area contributed by atoms with Crippen LogP contribution in [0.5, 0.6) is 0 Å². The molecule has 0 radical (unpaired) electrons. The van der Waals surface area contributed by atoms with E-state index in [0.29, 0.717) is 5.69 Å². The van der Waals surface area contributed by atoms with Gasteiger partial charge >= 0.3 is 11.8 Å². The van der Waals surface area contributed by atoms with E-state index in [2.05, 4.69) is 15.8 Å². The van der Waals surface area contributed by atoms with E-state index in [9.17, 15) is 9.59 Å². The minimum Gasteiger partial charge on any atom is -0.318 e. The van der Waals surface area contributed by atoms with Crippen LogP contribution in [0.1, 0.15) is 19.4 Å². The molecule has 0 fully saturated rings. The predicted molar refractivity (Wildman–Crippen MR) is 71.3 cm³/mol. The first-order valence-electron chi connectivity index (χ1n) is 5.70. The van der Waals surface area contributed by atoms with Crippen molar-refractivity contribution in [3.05, 3.63) is 29.8 Å². The van der Waals surface area contributed by atoms with Gasteiger partial charge in [-0.3, -0.25) is 9.59 Å². The summed E-state index contributed by atoms with van der Waals surface area (Å²) in [6.45, 7) is 5.74. The Bertz CT molecular complexity index is 467. The molecule has 0 spiro atoms. The van der Waals surface area contributed by atoms with Crippen LogP contribution in [0.4, 0.5) is 5.69 Å². The highest BCUT2D eigenvalue weighted by Crippen LogP contribution is 2.08. The quantitative estimate of drug-likeness (QED) is 0.485. The third-order valence-electron chi connectivity index (χ3n) is 2.02. The number of amides is 2. The number of carbonyl (C=O) groups is 2. The number of nitrogens with one attached hydrogen (secondary N) is 2. The average Bonchev–Trinajstić information content (AvgIpc) is 2.28. The van der Waals surface area contributed by atoms with Crippen LogP contribution in [0, 0.1) is 12.8 Å². The molecule has 1 aromatic carbocycles. The van der Waals surface area contributed by atoms with E-state index >= 15 is 0 Å². The number of hydrogen-bond acceptors (Lipinski definition) is 3. The fraction of sp³-hybridized carbons (Fsp3) is 0.308. The Hall–Kier alpha value is -2.17. The monoisotopic (exact) mass is 247 g/mol. The van der Waals surface area contributed by atoms with Gasteiger partial charge in [0, 0.05) is 11.9 Å². The number of hydrazone groups is 1. The fourth-order valence-corrected chi connectivity index (χ4v) is 1.21. The van der Waals surface area contributed by atoms with Crippen molar-refractivity contribution in [2.45, 2.75) is 20.8 Å². The molecule has 0 unspecified atom stereocenters. The van der Waals surface area contributed by atoms with E-state index < -0.39 is 11.8 Å². The molecular formula is C13H17N3O2. The van der Waals surface area contributed by atoms with Crippen molar-refractivity contribution >= 4 is 23.7 Å². The van der Waals surface area contributed by atoms with E-state index in [0.717, 1.165) is 5.56 Å². The third kappa shape index (κ3) is 4.78. The van der Waals surface area contributed by atoms with Crippen LogP contribution in [-0.4, -0.2) is 18.0 Å². The van der Waals surface area contributed by atoms with Gasteiger partial charge in [-0.2, -0.15) is 5.10 Å². The molecule has 0 saturated carbocycles. The first-order valence-corrected chi connectivity index (χ1v) is 5.70. The highest BCUT2D eigenvalue weighted by molar-refractivity contribution is 6.39. The Morgan fingerprint density at radius 3 is 2.61 bits per heavy atom. The molecule has 0 heterocycles. The van der Waals surface area contributed by atoms with E-state index in [-0.39, 0.29) is 5.92 Å². The molecule has 0 aliphatic heterocycles. The lowest BCUT2D eigenvalue weighted by molar-refractivity contribution is -0.136. The van der Waals surface area contributed by atoms with Gasteiger partial charge in [-0.1, -0.05) is 26.0 Å². The van der Waals surface area contributed by atoms with Gasteiger partial charge in [-0.25, -0.2) is 5.43 Å². The molecule has 1 rings (SSSR count). The molecule has 0 aliphatic carbocycles. The molecule has 5 nitrogen and oxygen atoms in total. The van der Waals surface area contributed by atoms with Crippen molar-refractivity contribution in [3.8, 4) is 0 Å². The maximum absolute atomic E-state index is 11.5. The normalized spacial score (nSPS) is 10.7. The summed E-state index contributed by atoms with van der Waals surface area (Å²) in [5.41, 5.74) is 3.76. The first-order chi connectivity index (χ1) is 8.49. The zero-order valence-corrected chi connectivity index (χ0v) is 10.7. The number of rotatable bonds is 3. The number of hydrogen-bond donors (Lipinski definition) is 2. The van der Waals surface area contributed by atoms with Gasteiger partial charge in [0.05, 0.1) is 0 Å². The number of anilines is 1. The summed E-state index contributed by atoms with van der Waals surface area (Å²) in [5, 5.41) is 6.16. The standard InChI is InChI=1S/C13H17N3O2/c1-9(2)8-14-16-13(18)12(17)15-11-6-4-5-10(3)7-11/h4-9H,1-3H3,(H,15,17)(H,16,18)/b14-8+. The largest absolute Gasteiger partial charge is 0.329 e. The highest BCUT2D eigenvalue weighted by atomic mass is 16.2. The van der Waals surface area contributed by atoms with Crippen LogP contribution >= 0.6 is 0 Å². The van der Waals surface area contributed by atoms with E-state index in [4.69, 9.17) is 0 Å². The van der Waals surface area contributed by atoms with Crippen molar-refractivity contribution in [1.29, 1.82) is 0 Å². The van der Waals surface area contributed by atoms with Crippen LogP contribution in [-0.2, 0) is 9.59 Å². The second-order valence-corrected chi connectivity index (χ2v) is 4.29. The minimum atomic E-state index is -0.784. The van der Waals surface area contributed by atoms with Gasteiger partial charge in [0.2, 0.25) is 0 Å². The summed E-state index contributed by atoms with van der Waals surface area (Å²) >= 11 is 0. The van der Waals surface area contributed by atoms with Gasteiger partial charge in [-0.15, -0.1) is 0 Å². The molecule has 2 amide bonds. The fourth-order valence-electron chi connectivity index (χ4n) is 1.21. The molecule has 0 aromatic heterocycles. The molecule has 96 valence electrons. The molecule has 18 heavy (non-hydrogen) atoms. The van der Waals surface area contributed by atoms with Crippen molar-refractivity contribution in [2.24, 2.45) is 11.0 Å². The Labute approximate surface area is 106 Å². The summed E-state index contributed by atoms with van der Waals surface area (Å²) in [5.74, 6) is -1.31. The maximum Gasteiger partial charge on any atom is 0.329 e. The molecule has 5 heteroatoms. The molecular weight excluding hydrogens is 230 g/mol. The molecule has 1 aromatic rings. The zero-order chi connectivity index (χ0) is 13.5. The third-order valence-corrected chi connectivity index (χ3v) is 2.02. The van der Waals surface area contributed by atoms with Crippen molar-refractivity contribution in [2.75, 3.05) is 5.32 Å². The Morgan fingerprint density at radius 1 is 1.28 bits per heavy atom. The lowest BCUT2D eigenvalue weighted by Crippen LogP contribution is -2.32. The highest BCUT2D eigenvalue weighted by Gasteiger charge is 2.12. The van der Waals surface area contributed by atoms with Gasteiger partial charge in [0.15, 0.2) is 0 Å². The minimum absolute atomic E-state index is 0.213. The van der Waals surface area contributed by atoms with E-state index in [1.165, 1.54) is 0 Å². The lowest BCUT2D eigenvalue weighted by atomic mass is 10.2. The summed E-state index contributed by atoms with van der Waals surface area (Å²) in [6.07, 6.45) is 1.55. The van der Waals surface area contributed by atoms with Crippen LogP contribution in [0.15, 0.2) is 29.4 Å². The average molecular weight is 247 g/mol. The molecule has 0 atom stereocenters. The SMILES string of the molecule is Cc1cccc(NC(=O)C(=O)N/N=C/C(C)C)c1. The summed E-state index contributed by atoms with van der Waals surface area (Å²) < 4.78 is 0. The first kappa shape index (κ1) is 13.9. The second-order valence-electron chi connectivity index (χ2n) is 4.29. The number of carbonyl (C=O) groups excluding carboxylic acids is 2. The summed E-state index contributed by atoms with van der Waals surface area (Å²) in [6, 6.07) is 7.21. The second kappa shape index (κ2) is 6.54. The zero-order valence-electron chi connectivity index (χ0n) is 10.7. The van der Waals surface area contributed by atoms with Gasteiger partial charge in [0.1, 0.15) is 0 Å². The van der Waals surface area contributed by atoms with Crippen LogP contribution in [0.3, 0.4) is 0 Å². The number of aryl methyl sites for hydroxylation is 1. The van der Waals surface area contributed by atoms with Crippen molar-refractivity contribution < 1.29 is 9.59 Å². The molecule has 0 saturated heterocycles. The van der Waals surface area contributed by atoms with Crippen molar-refractivity contribution in [3.63, 3.8) is 0 Å². The molecule has 0 bridgehead atoms. The predicted octanol–water partition coefficient (Wildman–Crippen LogP) is 1.69. The molecule has 2 N–H and O–H groups in total. The Balaban J connectivity index is 2.53. The summed E-state index contributed by atoms with van der Waals surface area (Å²) in [4.78, 5) is 22.9. The van der Waals surface area contributed by atoms with Crippen LogP contribution in [0.2, 0.25) is 0 Å². The van der Waals surface area contributed by atoms with Crippen LogP contribution in [0.25, 0.3) is 0 Å².